The Hall–Kier alpha value is -2.22. The Morgan fingerprint density at radius 2 is 0.913 bits per heavy atom. The van der Waals surface area contributed by atoms with Gasteiger partial charge in [-0.15, -0.1) is 0 Å². The third kappa shape index (κ3) is 2.63. The molecule has 0 spiro atoms. The van der Waals surface area contributed by atoms with Crippen molar-refractivity contribution in [1.82, 2.24) is 0 Å². The van der Waals surface area contributed by atoms with Gasteiger partial charge in [0.05, 0.1) is 0 Å². The zero-order valence-electron chi connectivity index (χ0n) is 14.9. The first-order valence-corrected chi connectivity index (χ1v) is 8.07. The van der Waals surface area contributed by atoms with Crippen molar-refractivity contribution in [2.45, 2.75) is 41.5 Å². The van der Waals surface area contributed by atoms with Gasteiger partial charge in [-0.05, 0) is 74.9 Å². The maximum absolute atomic E-state index is 3.50. The van der Waals surface area contributed by atoms with Crippen LogP contribution in [0.2, 0.25) is 0 Å². The molecular weight excluding hydrogens is 280 g/mol. The summed E-state index contributed by atoms with van der Waals surface area (Å²) in [6.45, 7) is 16.5. The van der Waals surface area contributed by atoms with Gasteiger partial charge in [0.15, 0.2) is 0 Å². The molecule has 2 aromatic rings. The normalized spacial score (nSPS) is 14.0. The Morgan fingerprint density at radius 3 is 1.30 bits per heavy atom. The largest absolute Gasteiger partial charge is 0.315 e. The van der Waals surface area contributed by atoms with Crippen LogP contribution in [0.5, 0.6) is 0 Å². The molecule has 0 saturated heterocycles. The molecule has 0 unspecified atom stereocenters. The van der Waals surface area contributed by atoms with E-state index >= 15 is 0 Å². The van der Waals surface area contributed by atoms with E-state index in [0.717, 1.165) is 0 Å². The second kappa shape index (κ2) is 5.77. The van der Waals surface area contributed by atoms with Crippen molar-refractivity contribution in [1.29, 1.82) is 0 Å². The Kier molecular flexibility index (Phi) is 3.93. The van der Waals surface area contributed by atoms with Crippen LogP contribution in [0, 0.1) is 48.2 Å². The molecule has 2 nitrogen and oxygen atoms in total. The quantitative estimate of drug-likeness (QED) is 0.739. The monoisotopic (exact) mass is 304 g/mol. The summed E-state index contributed by atoms with van der Waals surface area (Å²) in [7, 11) is 0. The van der Waals surface area contributed by atoms with E-state index in [1.54, 1.807) is 0 Å². The molecule has 0 N–H and O–H groups in total. The molecule has 1 heterocycles. The molecule has 0 atom stereocenters. The zero-order chi connectivity index (χ0) is 16.7. The summed E-state index contributed by atoms with van der Waals surface area (Å²) >= 11 is 0. The Labute approximate surface area is 140 Å². The van der Waals surface area contributed by atoms with Crippen LogP contribution in [0.4, 0.5) is 11.4 Å². The highest BCUT2D eigenvalue weighted by Crippen LogP contribution is 2.35. The van der Waals surface area contributed by atoms with Crippen LogP contribution in [0.25, 0.3) is 0 Å². The van der Waals surface area contributed by atoms with Crippen molar-refractivity contribution in [2.24, 2.45) is 0 Å². The van der Waals surface area contributed by atoms with Gasteiger partial charge in [-0.2, -0.15) is 0 Å². The third-order valence-electron chi connectivity index (χ3n) is 4.87. The summed E-state index contributed by atoms with van der Waals surface area (Å²) in [6, 6.07) is 8.72. The van der Waals surface area contributed by atoms with Gasteiger partial charge in [0.1, 0.15) is 0 Å². The van der Waals surface area contributed by atoms with Gasteiger partial charge in [0.2, 0.25) is 6.67 Å². The van der Waals surface area contributed by atoms with E-state index < -0.39 is 0 Å². The molecule has 2 heteroatoms. The van der Waals surface area contributed by atoms with Crippen molar-refractivity contribution >= 4 is 11.4 Å². The number of rotatable bonds is 2. The van der Waals surface area contributed by atoms with Crippen molar-refractivity contribution < 1.29 is 0 Å². The molecule has 0 bridgehead atoms. The highest BCUT2D eigenvalue weighted by Gasteiger charge is 2.23. The first-order valence-electron chi connectivity index (χ1n) is 8.07. The molecule has 1 aliphatic rings. The third-order valence-corrected chi connectivity index (χ3v) is 4.87. The number of benzene rings is 2. The molecule has 0 fully saturated rings. The minimum Gasteiger partial charge on any atom is -0.315 e. The van der Waals surface area contributed by atoms with Crippen LogP contribution in [0.15, 0.2) is 36.7 Å². The number of nitrogens with zero attached hydrogens (tertiary/aromatic N) is 2. The van der Waals surface area contributed by atoms with Crippen LogP contribution in [0.1, 0.15) is 33.4 Å². The number of hydrogen-bond donors (Lipinski definition) is 0. The van der Waals surface area contributed by atoms with Gasteiger partial charge < -0.3 is 9.80 Å². The second-order valence-corrected chi connectivity index (χ2v) is 6.48. The standard InChI is InChI=1S/C21H24N2/c1-14-7-9-16(3)20(18(14)5)22-11-12-23(13-22)21-17(4)10-8-15(2)19(21)6/h7-12H,1-6H3. The number of hydrogen-bond acceptors (Lipinski definition) is 2. The van der Waals surface area contributed by atoms with E-state index in [4.69, 9.17) is 0 Å². The molecule has 23 heavy (non-hydrogen) atoms. The van der Waals surface area contributed by atoms with Crippen molar-refractivity contribution in [3.63, 3.8) is 0 Å². The summed E-state index contributed by atoms with van der Waals surface area (Å²) in [6.07, 6.45) is 4.19. The predicted molar refractivity (Wildman–Crippen MR) is 98.6 cm³/mol. The maximum Gasteiger partial charge on any atom is 0.217 e. The molecule has 2 aromatic carbocycles. The van der Waals surface area contributed by atoms with E-state index in [-0.39, 0.29) is 0 Å². The number of anilines is 2. The first kappa shape index (κ1) is 15.7. The summed E-state index contributed by atoms with van der Waals surface area (Å²) in [5.74, 6) is 0. The first-order chi connectivity index (χ1) is 10.9. The summed E-state index contributed by atoms with van der Waals surface area (Å²) < 4.78 is 0. The Morgan fingerprint density at radius 1 is 0.565 bits per heavy atom. The van der Waals surface area contributed by atoms with Gasteiger partial charge in [-0.1, -0.05) is 24.3 Å². The smallest absolute Gasteiger partial charge is 0.217 e. The maximum atomic E-state index is 3.50. The van der Waals surface area contributed by atoms with Gasteiger partial charge >= 0.3 is 0 Å². The fourth-order valence-electron chi connectivity index (χ4n) is 3.18. The van der Waals surface area contributed by atoms with E-state index in [0.29, 0.717) is 0 Å². The molecule has 0 saturated carbocycles. The highest BCUT2D eigenvalue weighted by atomic mass is 15.3. The molecule has 118 valence electrons. The van der Waals surface area contributed by atoms with Gasteiger partial charge in [-0.25, -0.2) is 0 Å². The molecule has 0 amide bonds. The van der Waals surface area contributed by atoms with Gasteiger partial charge in [-0.3, -0.25) is 0 Å². The van der Waals surface area contributed by atoms with E-state index in [1.807, 2.05) is 0 Å². The summed E-state index contributed by atoms with van der Waals surface area (Å²) in [4.78, 5) is 4.22. The fourth-order valence-corrected chi connectivity index (χ4v) is 3.18. The Bertz CT molecular complexity index is 721. The lowest BCUT2D eigenvalue weighted by atomic mass is 10.0. The van der Waals surface area contributed by atoms with Crippen LogP contribution >= 0.6 is 0 Å². The lowest BCUT2D eigenvalue weighted by Crippen LogP contribution is -2.21. The molecule has 1 aliphatic heterocycles. The minimum absolute atomic E-state index is 1.23. The molecule has 2 radical (unpaired) electrons. The average molecular weight is 304 g/mol. The number of aryl methyl sites for hydroxylation is 4. The van der Waals surface area contributed by atoms with Gasteiger partial charge in [0.25, 0.3) is 0 Å². The zero-order valence-corrected chi connectivity index (χ0v) is 14.9. The van der Waals surface area contributed by atoms with Crippen LogP contribution < -0.4 is 9.80 Å². The van der Waals surface area contributed by atoms with E-state index in [9.17, 15) is 0 Å². The second-order valence-electron chi connectivity index (χ2n) is 6.48. The SMILES string of the molecule is Cc1ccc(C)c(N2[C]N(c3c(C)ccc(C)c3C)C=C2)c1C. The highest BCUT2D eigenvalue weighted by molar-refractivity contribution is 5.72. The molecular formula is C21H24N2. The topological polar surface area (TPSA) is 6.48 Å². The van der Waals surface area contributed by atoms with E-state index in [1.165, 1.54) is 44.8 Å². The Balaban J connectivity index is 1.96. The van der Waals surface area contributed by atoms with Crippen LogP contribution in [-0.4, -0.2) is 0 Å². The minimum atomic E-state index is 1.23. The average Bonchev–Trinajstić information content (AvgIpc) is 2.97. The lowest BCUT2D eigenvalue weighted by molar-refractivity contribution is 1.07. The molecule has 0 aromatic heterocycles. The lowest BCUT2D eigenvalue weighted by Gasteiger charge is -2.25. The van der Waals surface area contributed by atoms with Gasteiger partial charge in [0, 0.05) is 23.8 Å². The van der Waals surface area contributed by atoms with Crippen molar-refractivity contribution in [3.8, 4) is 0 Å². The summed E-state index contributed by atoms with van der Waals surface area (Å²) in [5.41, 5.74) is 10.2. The van der Waals surface area contributed by atoms with Crippen molar-refractivity contribution in [2.75, 3.05) is 9.80 Å². The van der Waals surface area contributed by atoms with E-state index in [2.05, 4.69) is 94.7 Å². The summed E-state index contributed by atoms with van der Waals surface area (Å²) in [5, 5.41) is 0. The molecule has 0 aliphatic carbocycles. The van der Waals surface area contributed by atoms with Crippen LogP contribution in [0.3, 0.4) is 0 Å². The van der Waals surface area contributed by atoms with Crippen molar-refractivity contribution in [3.05, 3.63) is 76.7 Å². The molecule has 3 rings (SSSR count). The fraction of sp³-hybridized carbons (Fsp3) is 0.286. The van der Waals surface area contributed by atoms with Crippen LogP contribution in [-0.2, 0) is 0 Å². The predicted octanol–water partition coefficient (Wildman–Crippen LogP) is 5.33.